The molecule has 2 atom stereocenters. The van der Waals surface area contributed by atoms with E-state index in [1.807, 2.05) is 19.1 Å². The second-order valence-electron chi connectivity index (χ2n) is 4.83. The number of anilines is 1. The third kappa shape index (κ3) is 2.95. The Hall–Kier alpha value is -0.390. The molecule has 0 aromatic heterocycles. The van der Waals surface area contributed by atoms with E-state index in [4.69, 9.17) is 0 Å². The highest BCUT2D eigenvalue weighted by Gasteiger charge is 2.30. The summed E-state index contributed by atoms with van der Waals surface area (Å²) in [6.45, 7) is 5.79. The lowest BCUT2D eigenvalue weighted by Crippen LogP contribution is -2.28. The quantitative estimate of drug-likeness (QED) is 0.832. The van der Waals surface area contributed by atoms with Gasteiger partial charge in [-0.25, -0.2) is 0 Å². The SMILES string of the molecule is Cc1cc(Br)c(NC(=O)C2CNCC2C)c(Br)c1. The molecule has 0 spiro atoms. The van der Waals surface area contributed by atoms with Gasteiger partial charge in [-0.3, -0.25) is 4.79 Å². The summed E-state index contributed by atoms with van der Waals surface area (Å²) in [6.07, 6.45) is 0. The number of aryl methyl sites for hydroxylation is 1. The fraction of sp³-hybridized carbons (Fsp3) is 0.462. The van der Waals surface area contributed by atoms with Crippen molar-refractivity contribution in [2.45, 2.75) is 13.8 Å². The largest absolute Gasteiger partial charge is 0.324 e. The van der Waals surface area contributed by atoms with Crippen LogP contribution >= 0.6 is 31.9 Å². The van der Waals surface area contributed by atoms with Crippen LogP contribution in [0.2, 0.25) is 0 Å². The third-order valence-electron chi connectivity index (χ3n) is 3.29. The smallest absolute Gasteiger partial charge is 0.229 e. The first-order chi connectivity index (χ1) is 8.49. The molecule has 1 aliphatic heterocycles. The van der Waals surface area contributed by atoms with Crippen LogP contribution in [0.5, 0.6) is 0 Å². The molecule has 2 unspecified atom stereocenters. The highest BCUT2D eigenvalue weighted by molar-refractivity contribution is 9.11. The zero-order chi connectivity index (χ0) is 13.3. The van der Waals surface area contributed by atoms with E-state index < -0.39 is 0 Å². The maximum atomic E-state index is 12.2. The highest BCUT2D eigenvalue weighted by atomic mass is 79.9. The van der Waals surface area contributed by atoms with Crippen molar-refractivity contribution in [3.8, 4) is 0 Å². The van der Waals surface area contributed by atoms with Crippen molar-refractivity contribution in [1.82, 2.24) is 5.32 Å². The summed E-state index contributed by atoms with van der Waals surface area (Å²) in [4.78, 5) is 12.2. The van der Waals surface area contributed by atoms with E-state index in [1.165, 1.54) is 0 Å². The van der Waals surface area contributed by atoms with Crippen molar-refractivity contribution in [2.75, 3.05) is 18.4 Å². The molecule has 0 aliphatic carbocycles. The topological polar surface area (TPSA) is 41.1 Å². The Labute approximate surface area is 124 Å². The number of carbonyl (C=O) groups is 1. The molecule has 0 radical (unpaired) electrons. The number of nitrogens with one attached hydrogen (secondary N) is 2. The Kier molecular flexibility index (Phi) is 4.45. The van der Waals surface area contributed by atoms with Crippen LogP contribution in [0.4, 0.5) is 5.69 Å². The minimum atomic E-state index is 0.0464. The van der Waals surface area contributed by atoms with E-state index >= 15 is 0 Å². The van der Waals surface area contributed by atoms with E-state index in [1.54, 1.807) is 0 Å². The molecule has 3 nitrogen and oxygen atoms in total. The summed E-state index contributed by atoms with van der Waals surface area (Å²) in [5.74, 6) is 0.510. The van der Waals surface area contributed by atoms with Crippen molar-refractivity contribution in [1.29, 1.82) is 0 Å². The Morgan fingerprint density at radius 2 is 1.94 bits per heavy atom. The van der Waals surface area contributed by atoms with Gasteiger partial charge in [0.15, 0.2) is 0 Å². The summed E-state index contributed by atoms with van der Waals surface area (Å²) in [7, 11) is 0. The maximum absolute atomic E-state index is 12.2. The standard InChI is InChI=1S/C13H16Br2N2O/c1-7-3-10(14)12(11(15)4-7)17-13(18)9-6-16-5-8(9)2/h3-4,8-9,16H,5-6H2,1-2H3,(H,17,18). The number of hydrogen-bond donors (Lipinski definition) is 2. The Bertz CT molecular complexity index is 453. The summed E-state index contributed by atoms with van der Waals surface area (Å²) < 4.78 is 1.81. The lowest BCUT2D eigenvalue weighted by molar-refractivity contribution is -0.120. The normalized spacial score (nSPS) is 23.1. The second kappa shape index (κ2) is 5.72. The van der Waals surface area contributed by atoms with Gasteiger partial charge in [0.1, 0.15) is 0 Å². The average Bonchev–Trinajstić information content (AvgIpc) is 2.69. The monoisotopic (exact) mass is 374 g/mol. The van der Waals surface area contributed by atoms with E-state index in [-0.39, 0.29) is 11.8 Å². The van der Waals surface area contributed by atoms with Gasteiger partial charge < -0.3 is 10.6 Å². The van der Waals surface area contributed by atoms with Gasteiger partial charge in [-0.05, 0) is 68.9 Å². The Morgan fingerprint density at radius 3 is 2.44 bits per heavy atom. The van der Waals surface area contributed by atoms with Crippen LogP contribution in [0.25, 0.3) is 0 Å². The summed E-state index contributed by atoms with van der Waals surface area (Å²) in [5.41, 5.74) is 1.95. The minimum absolute atomic E-state index is 0.0464. The molecular formula is C13H16Br2N2O. The molecule has 2 N–H and O–H groups in total. The van der Waals surface area contributed by atoms with Gasteiger partial charge in [0.05, 0.1) is 11.6 Å². The third-order valence-corrected chi connectivity index (χ3v) is 4.54. The van der Waals surface area contributed by atoms with Crippen LogP contribution in [-0.2, 0) is 4.79 Å². The molecule has 5 heteroatoms. The number of benzene rings is 1. The van der Waals surface area contributed by atoms with Crippen LogP contribution in [0.15, 0.2) is 21.1 Å². The number of amides is 1. The number of carbonyl (C=O) groups excluding carboxylic acids is 1. The molecule has 98 valence electrons. The van der Waals surface area contributed by atoms with E-state index in [9.17, 15) is 4.79 Å². The molecule has 1 aromatic carbocycles. The lowest BCUT2D eigenvalue weighted by Gasteiger charge is -2.16. The molecule has 1 aromatic rings. The fourth-order valence-corrected chi connectivity index (χ4v) is 3.81. The van der Waals surface area contributed by atoms with Gasteiger partial charge in [0.25, 0.3) is 0 Å². The Morgan fingerprint density at radius 1 is 1.33 bits per heavy atom. The van der Waals surface area contributed by atoms with Crippen LogP contribution in [0.1, 0.15) is 12.5 Å². The van der Waals surface area contributed by atoms with Gasteiger partial charge in [0, 0.05) is 15.5 Å². The van der Waals surface area contributed by atoms with Gasteiger partial charge in [-0.15, -0.1) is 0 Å². The van der Waals surface area contributed by atoms with Crippen molar-refractivity contribution in [3.63, 3.8) is 0 Å². The molecule has 1 saturated heterocycles. The zero-order valence-corrected chi connectivity index (χ0v) is 13.6. The second-order valence-corrected chi connectivity index (χ2v) is 6.54. The number of rotatable bonds is 2. The van der Waals surface area contributed by atoms with E-state index in [2.05, 4.69) is 49.4 Å². The zero-order valence-electron chi connectivity index (χ0n) is 10.4. The van der Waals surface area contributed by atoms with Gasteiger partial charge in [-0.2, -0.15) is 0 Å². The minimum Gasteiger partial charge on any atom is -0.324 e. The van der Waals surface area contributed by atoms with Crippen LogP contribution in [0, 0.1) is 18.8 Å². The van der Waals surface area contributed by atoms with Crippen LogP contribution < -0.4 is 10.6 Å². The molecule has 1 fully saturated rings. The van der Waals surface area contributed by atoms with Crippen LogP contribution in [0.3, 0.4) is 0 Å². The molecular weight excluding hydrogens is 360 g/mol. The first-order valence-corrected chi connectivity index (χ1v) is 7.55. The predicted octanol–water partition coefficient (Wildman–Crippen LogP) is 3.31. The molecule has 1 aliphatic rings. The first kappa shape index (κ1) is 14.0. The summed E-state index contributed by atoms with van der Waals surface area (Å²) in [6, 6.07) is 3.99. The molecule has 2 rings (SSSR count). The Balaban J connectivity index is 2.17. The maximum Gasteiger partial charge on any atom is 0.229 e. The molecule has 0 bridgehead atoms. The van der Waals surface area contributed by atoms with Crippen molar-refractivity contribution in [3.05, 3.63) is 26.6 Å². The molecule has 1 amide bonds. The number of halogens is 2. The van der Waals surface area contributed by atoms with Crippen molar-refractivity contribution < 1.29 is 4.79 Å². The van der Waals surface area contributed by atoms with E-state index in [0.717, 1.165) is 33.3 Å². The van der Waals surface area contributed by atoms with Gasteiger partial charge in [0.2, 0.25) is 5.91 Å². The van der Waals surface area contributed by atoms with Gasteiger partial charge in [-0.1, -0.05) is 6.92 Å². The van der Waals surface area contributed by atoms with E-state index in [0.29, 0.717) is 5.92 Å². The molecule has 0 saturated carbocycles. The van der Waals surface area contributed by atoms with Gasteiger partial charge >= 0.3 is 0 Å². The molecule has 1 heterocycles. The summed E-state index contributed by atoms with van der Waals surface area (Å²) in [5, 5.41) is 6.25. The highest BCUT2D eigenvalue weighted by Crippen LogP contribution is 2.33. The van der Waals surface area contributed by atoms with Crippen molar-refractivity contribution >= 4 is 43.5 Å². The predicted molar refractivity (Wildman–Crippen MR) is 80.7 cm³/mol. The summed E-state index contributed by atoms with van der Waals surface area (Å²) >= 11 is 6.98. The number of hydrogen-bond acceptors (Lipinski definition) is 2. The average molecular weight is 376 g/mol. The molecule has 18 heavy (non-hydrogen) atoms. The van der Waals surface area contributed by atoms with Crippen LogP contribution in [-0.4, -0.2) is 19.0 Å². The first-order valence-electron chi connectivity index (χ1n) is 5.96. The van der Waals surface area contributed by atoms with Crippen molar-refractivity contribution in [2.24, 2.45) is 11.8 Å². The lowest BCUT2D eigenvalue weighted by atomic mass is 9.97. The fourth-order valence-electron chi connectivity index (χ4n) is 2.20.